The van der Waals surface area contributed by atoms with Gasteiger partial charge < -0.3 is 10.1 Å². The highest BCUT2D eigenvalue weighted by Crippen LogP contribution is 2.46. The normalized spacial score (nSPS) is 20.0. The van der Waals surface area contributed by atoms with Gasteiger partial charge in [-0.3, -0.25) is 0 Å². The van der Waals surface area contributed by atoms with Crippen molar-refractivity contribution >= 4 is 32.9 Å². The molecule has 2 aromatic heterocycles. The minimum Gasteiger partial charge on any atom is -0.370 e. The van der Waals surface area contributed by atoms with Crippen LogP contribution in [0.1, 0.15) is 23.3 Å². The van der Waals surface area contributed by atoms with E-state index in [1.807, 2.05) is 11.3 Å². The van der Waals surface area contributed by atoms with E-state index in [4.69, 9.17) is 9.72 Å². The van der Waals surface area contributed by atoms with Crippen LogP contribution in [0.15, 0.2) is 30.3 Å². The number of para-hydroxylation sites is 1. The first-order valence-corrected chi connectivity index (χ1v) is 9.81. The van der Waals surface area contributed by atoms with E-state index in [2.05, 4.69) is 35.6 Å². The van der Waals surface area contributed by atoms with Gasteiger partial charge >= 0.3 is 0 Å². The van der Waals surface area contributed by atoms with Crippen molar-refractivity contribution in [2.24, 2.45) is 0 Å². The van der Waals surface area contributed by atoms with E-state index in [-0.39, 0.29) is 5.60 Å². The Hall–Kier alpha value is -1.27. The van der Waals surface area contributed by atoms with E-state index < -0.39 is 0 Å². The summed E-state index contributed by atoms with van der Waals surface area (Å²) in [6.45, 7) is 2.95. The second-order valence-electron chi connectivity index (χ2n) is 6.28. The van der Waals surface area contributed by atoms with Crippen LogP contribution in [0.2, 0.25) is 0 Å². The molecule has 1 fully saturated rings. The van der Waals surface area contributed by atoms with E-state index in [1.54, 1.807) is 11.3 Å². The maximum atomic E-state index is 6.29. The van der Waals surface area contributed by atoms with Crippen molar-refractivity contribution in [1.29, 1.82) is 0 Å². The van der Waals surface area contributed by atoms with Crippen LogP contribution < -0.4 is 5.32 Å². The molecule has 2 aliphatic heterocycles. The molecule has 4 heterocycles. The Labute approximate surface area is 143 Å². The van der Waals surface area contributed by atoms with Gasteiger partial charge in [0.1, 0.15) is 5.01 Å². The standard InChI is InChI=1S/C18H18N2OS2/c1-2-4-15-13(3-1)20-17(23-15)16-11-12-14(22-16)5-10-21-18(12)6-8-19-9-7-18/h1-4,11,19H,5-10H2. The lowest BCUT2D eigenvalue weighted by Crippen LogP contribution is -2.44. The summed E-state index contributed by atoms with van der Waals surface area (Å²) < 4.78 is 7.56. The Morgan fingerprint density at radius 1 is 1.13 bits per heavy atom. The molecule has 1 saturated heterocycles. The molecule has 0 saturated carbocycles. The highest BCUT2D eigenvalue weighted by atomic mass is 32.1. The van der Waals surface area contributed by atoms with Gasteiger partial charge in [0.05, 0.1) is 27.3 Å². The zero-order valence-corrected chi connectivity index (χ0v) is 14.4. The molecule has 0 radical (unpaired) electrons. The molecule has 0 unspecified atom stereocenters. The zero-order chi connectivity index (χ0) is 15.3. The molecule has 118 valence electrons. The molecule has 1 spiro atoms. The lowest BCUT2D eigenvalue weighted by atomic mass is 9.83. The first kappa shape index (κ1) is 14.1. The third-order valence-corrected chi connectivity index (χ3v) is 7.32. The highest BCUT2D eigenvalue weighted by molar-refractivity contribution is 7.25. The number of thiophene rings is 1. The van der Waals surface area contributed by atoms with Crippen molar-refractivity contribution in [1.82, 2.24) is 10.3 Å². The van der Waals surface area contributed by atoms with Crippen LogP contribution in [0.25, 0.3) is 20.1 Å². The number of rotatable bonds is 1. The number of nitrogens with one attached hydrogen (secondary N) is 1. The summed E-state index contributed by atoms with van der Waals surface area (Å²) in [6.07, 6.45) is 3.20. The summed E-state index contributed by atoms with van der Waals surface area (Å²) >= 11 is 3.71. The van der Waals surface area contributed by atoms with E-state index in [0.29, 0.717) is 0 Å². The molecule has 0 aliphatic carbocycles. The van der Waals surface area contributed by atoms with Crippen molar-refractivity contribution in [3.63, 3.8) is 0 Å². The van der Waals surface area contributed by atoms with Gasteiger partial charge in [-0.05, 0) is 49.7 Å². The molecule has 5 heteroatoms. The molecule has 0 amide bonds. The second kappa shape index (κ2) is 5.38. The Bertz CT molecular complexity index is 828. The summed E-state index contributed by atoms with van der Waals surface area (Å²) in [5, 5.41) is 4.60. The van der Waals surface area contributed by atoms with Crippen LogP contribution in [0.5, 0.6) is 0 Å². The SMILES string of the molecule is c1ccc2sc(-c3cc4c(s3)CCOC43CCNCC3)nc2c1. The van der Waals surface area contributed by atoms with Crippen LogP contribution in [0, 0.1) is 0 Å². The monoisotopic (exact) mass is 342 g/mol. The number of nitrogens with zero attached hydrogens (tertiary/aromatic N) is 1. The van der Waals surface area contributed by atoms with E-state index in [9.17, 15) is 0 Å². The fourth-order valence-corrected chi connectivity index (χ4v) is 5.99. The Morgan fingerprint density at radius 3 is 2.87 bits per heavy atom. The topological polar surface area (TPSA) is 34.1 Å². The average Bonchev–Trinajstić information content (AvgIpc) is 3.20. The van der Waals surface area contributed by atoms with Gasteiger partial charge in [-0.1, -0.05) is 12.1 Å². The van der Waals surface area contributed by atoms with Gasteiger partial charge in [-0.2, -0.15) is 0 Å². The first-order valence-electron chi connectivity index (χ1n) is 8.18. The van der Waals surface area contributed by atoms with Crippen molar-refractivity contribution in [3.8, 4) is 9.88 Å². The largest absolute Gasteiger partial charge is 0.370 e. The predicted octanol–water partition coefficient (Wildman–Crippen LogP) is 4.18. The molecule has 1 N–H and O–H groups in total. The smallest absolute Gasteiger partial charge is 0.134 e. The predicted molar refractivity (Wildman–Crippen MR) is 96.4 cm³/mol. The van der Waals surface area contributed by atoms with Gasteiger partial charge in [-0.15, -0.1) is 22.7 Å². The summed E-state index contributed by atoms with van der Waals surface area (Å²) in [5.41, 5.74) is 2.49. The minimum atomic E-state index is -0.0513. The Kier molecular flexibility index (Phi) is 3.30. The fraction of sp³-hybridized carbons (Fsp3) is 0.389. The molecule has 3 nitrogen and oxygen atoms in total. The van der Waals surface area contributed by atoms with Crippen LogP contribution >= 0.6 is 22.7 Å². The van der Waals surface area contributed by atoms with Gasteiger partial charge in [0, 0.05) is 11.3 Å². The number of ether oxygens (including phenoxy) is 1. The van der Waals surface area contributed by atoms with Crippen LogP contribution in [-0.2, 0) is 16.8 Å². The van der Waals surface area contributed by atoms with Crippen molar-refractivity contribution < 1.29 is 4.74 Å². The molecular formula is C18H18N2OS2. The maximum absolute atomic E-state index is 6.29. The summed E-state index contributed by atoms with van der Waals surface area (Å²) in [7, 11) is 0. The number of hydrogen-bond donors (Lipinski definition) is 1. The Balaban J connectivity index is 1.60. The Morgan fingerprint density at radius 2 is 2.00 bits per heavy atom. The summed E-state index contributed by atoms with van der Waals surface area (Å²) in [5.74, 6) is 0. The number of piperidine rings is 1. The van der Waals surface area contributed by atoms with E-state index >= 15 is 0 Å². The van der Waals surface area contributed by atoms with Crippen LogP contribution in [-0.4, -0.2) is 24.7 Å². The minimum absolute atomic E-state index is 0.0513. The second-order valence-corrected chi connectivity index (χ2v) is 8.44. The number of benzene rings is 1. The maximum Gasteiger partial charge on any atom is 0.134 e. The molecule has 0 bridgehead atoms. The average molecular weight is 342 g/mol. The number of fused-ring (bicyclic) bond motifs is 3. The zero-order valence-electron chi connectivity index (χ0n) is 12.8. The van der Waals surface area contributed by atoms with Crippen molar-refractivity contribution in [2.45, 2.75) is 24.9 Å². The summed E-state index contributed by atoms with van der Waals surface area (Å²) in [6, 6.07) is 10.8. The highest BCUT2D eigenvalue weighted by Gasteiger charge is 2.40. The quantitative estimate of drug-likeness (QED) is 0.720. The molecule has 2 aliphatic rings. The summed E-state index contributed by atoms with van der Waals surface area (Å²) in [4.78, 5) is 7.65. The van der Waals surface area contributed by atoms with Crippen molar-refractivity contribution in [2.75, 3.05) is 19.7 Å². The third-order valence-electron chi connectivity index (χ3n) is 4.92. The van der Waals surface area contributed by atoms with E-state index in [0.717, 1.165) is 49.5 Å². The molecule has 1 aromatic carbocycles. The van der Waals surface area contributed by atoms with Crippen LogP contribution in [0.3, 0.4) is 0 Å². The van der Waals surface area contributed by atoms with Crippen LogP contribution in [0.4, 0.5) is 0 Å². The lowest BCUT2D eigenvalue weighted by molar-refractivity contribution is -0.0792. The number of aromatic nitrogens is 1. The number of thiazole rings is 1. The molecule has 23 heavy (non-hydrogen) atoms. The van der Waals surface area contributed by atoms with E-state index in [1.165, 1.54) is 20.0 Å². The van der Waals surface area contributed by atoms with Gasteiger partial charge in [0.15, 0.2) is 0 Å². The lowest BCUT2D eigenvalue weighted by Gasteiger charge is -2.40. The van der Waals surface area contributed by atoms with Gasteiger partial charge in [0.2, 0.25) is 0 Å². The number of hydrogen-bond acceptors (Lipinski definition) is 5. The fourth-order valence-electron chi connectivity index (χ4n) is 3.74. The molecule has 3 aromatic rings. The molecular weight excluding hydrogens is 324 g/mol. The molecule has 5 rings (SSSR count). The third kappa shape index (κ3) is 2.26. The van der Waals surface area contributed by atoms with Crippen molar-refractivity contribution in [3.05, 3.63) is 40.8 Å². The van der Waals surface area contributed by atoms with Gasteiger partial charge in [0.25, 0.3) is 0 Å². The molecule has 0 atom stereocenters. The van der Waals surface area contributed by atoms with Gasteiger partial charge in [-0.25, -0.2) is 4.98 Å². The first-order chi connectivity index (χ1) is 11.3.